The molecular formula is C2H10N3P3. The zero-order valence-corrected chi connectivity index (χ0v) is 7.97. The van der Waals surface area contributed by atoms with Gasteiger partial charge in [-0.3, -0.25) is 4.67 Å². The van der Waals surface area contributed by atoms with Crippen LogP contribution in [0.5, 0.6) is 0 Å². The summed E-state index contributed by atoms with van der Waals surface area (Å²) in [5.41, 5.74) is 0. The Hall–Kier alpha value is 0.880. The summed E-state index contributed by atoms with van der Waals surface area (Å²) >= 11 is 0. The van der Waals surface area contributed by atoms with Crippen molar-refractivity contribution in [2.24, 2.45) is 4.52 Å². The lowest BCUT2D eigenvalue weighted by molar-refractivity contribution is 0.688. The van der Waals surface area contributed by atoms with Crippen LogP contribution >= 0.6 is 26.8 Å². The minimum absolute atomic E-state index is 0.659. The van der Waals surface area contributed by atoms with Crippen LogP contribution in [0.2, 0.25) is 0 Å². The molecule has 0 bridgehead atoms. The topological polar surface area (TPSA) is 27.6 Å². The molecule has 0 saturated heterocycles. The number of nitrogens with one attached hydrogen (secondary N) is 1. The molecule has 0 spiro atoms. The predicted molar refractivity (Wildman–Crippen MR) is 44.2 cm³/mol. The van der Waals surface area contributed by atoms with E-state index in [-0.39, 0.29) is 0 Å². The molecule has 3 nitrogen and oxygen atoms in total. The van der Waals surface area contributed by atoms with Gasteiger partial charge < -0.3 is 0 Å². The highest BCUT2D eigenvalue weighted by atomic mass is 31.1. The van der Waals surface area contributed by atoms with Crippen molar-refractivity contribution in [3.63, 3.8) is 0 Å². The van der Waals surface area contributed by atoms with Crippen LogP contribution in [0.1, 0.15) is 0 Å². The molecule has 1 N–H and O–H groups in total. The van der Waals surface area contributed by atoms with Gasteiger partial charge in [-0.15, -0.1) is 0 Å². The maximum atomic E-state index is 3.77. The summed E-state index contributed by atoms with van der Waals surface area (Å²) in [5, 5.41) is 0. The second-order valence-electron chi connectivity index (χ2n) is 1.33. The molecule has 0 fully saturated rings. The van der Waals surface area contributed by atoms with E-state index in [4.69, 9.17) is 0 Å². The van der Waals surface area contributed by atoms with Gasteiger partial charge in [0, 0.05) is 8.88 Å². The molecule has 0 saturated carbocycles. The van der Waals surface area contributed by atoms with Gasteiger partial charge in [-0.25, -0.2) is 9.37 Å². The summed E-state index contributed by atoms with van der Waals surface area (Å²) in [6.07, 6.45) is 0. The first-order valence-corrected chi connectivity index (χ1v) is 4.36. The third-order valence-electron chi connectivity index (χ3n) is 0.381. The van der Waals surface area contributed by atoms with Crippen LogP contribution in [0.25, 0.3) is 0 Å². The number of hydrogen-bond donors (Lipinski definition) is 1. The molecule has 8 heavy (non-hydrogen) atoms. The fourth-order valence-corrected chi connectivity index (χ4v) is 1.88. The maximum absolute atomic E-state index is 3.77. The first-order valence-electron chi connectivity index (χ1n) is 2.05. The summed E-state index contributed by atoms with van der Waals surface area (Å²) in [5.74, 6) is 0. The Balaban J connectivity index is 2.93. The van der Waals surface area contributed by atoms with Crippen LogP contribution in [-0.2, 0) is 0 Å². The van der Waals surface area contributed by atoms with Gasteiger partial charge in [-0.05, 0) is 23.5 Å². The van der Waals surface area contributed by atoms with Crippen molar-refractivity contribution in [3.8, 4) is 0 Å². The predicted octanol–water partition coefficient (Wildman–Crippen LogP) is 1.48. The Morgan fingerprint density at radius 1 is 1.75 bits per heavy atom. The van der Waals surface area contributed by atoms with Crippen LogP contribution in [-0.4, -0.2) is 18.8 Å². The highest BCUT2D eigenvalue weighted by Gasteiger charge is 1.81. The molecule has 0 radical (unpaired) electrons. The second kappa shape index (κ2) is 6.01. The first-order chi connectivity index (χ1) is 3.77. The van der Waals surface area contributed by atoms with Gasteiger partial charge in [-0.2, -0.15) is 0 Å². The average molecular weight is 169 g/mol. The Kier molecular flexibility index (Phi) is 6.67. The highest BCUT2D eigenvalue weighted by Crippen LogP contribution is 2.12. The van der Waals surface area contributed by atoms with Gasteiger partial charge >= 0.3 is 0 Å². The van der Waals surface area contributed by atoms with Gasteiger partial charge in [-0.1, -0.05) is 0 Å². The Morgan fingerprint density at radius 3 is 2.75 bits per heavy atom. The van der Waals surface area contributed by atoms with E-state index in [2.05, 4.69) is 23.4 Å². The molecule has 0 rings (SSSR count). The smallest absolute Gasteiger partial charge is 0.0986 e. The minimum atomic E-state index is 0.659. The molecular weight excluding hydrogens is 159 g/mol. The molecule has 0 aliphatic heterocycles. The summed E-state index contributed by atoms with van der Waals surface area (Å²) < 4.78 is 5.84. The van der Waals surface area contributed by atoms with Gasteiger partial charge in [0.05, 0.1) is 8.52 Å². The van der Waals surface area contributed by atoms with Crippen LogP contribution in [0.15, 0.2) is 4.52 Å². The largest absolute Gasteiger partial charge is 0.278 e. The Bertz CT molecular complexity index is 72.9. The van der Waals surface area contributed by atoms with Crippen molar-refractivity contribution in [1.82, 2.24) is 9.53 Å². The Morgan fingerprint density at radius 2 is 2.38 bits per heavy atom. The zero-order valence-electron chi connectivity index (χ0n) is 4.92. The van der Waals surface area contributed by atoms with Gasteiger partial charge in [0.2, 0.25) is 0 Å². The molecule has 2 atom stereocenters. The second-order valence-corrected chi connectivity index (χ2v) is 4.47. The summed E-state index contributed by atoms with van der Waals surface area (Å²) in [6, 6.07) is 0. The van der Waals surface area contributed by atoms with E-state index in [0.29, 0.717) is 8.88 Å². The molecule has 48 valence electrons. The Labute approximate surface area is 55.7 Å². The van der Waals surface area contributed by atoms with Gasteiger partial charge in [0.15, 0.2) is 0 Å². The quantitative estimate of drug-likeness (QED) is 0.648. The van der Waals surface area contributed by atoms with E-state index in [1.54, 1.807) is 0 Å². The van der Waals surface area contributed by atoms with Crippen molar-refractivity contribution in [3.05, 3.63) is 0 Å². The lowest BCUT2D eigenvalue weighted by atomic mass is 11.3. The summed E-state index contributed by atoms with van der Waals surface area (Å²) in [4.78, 5) is 3.07. The fourth-order valence-electron chi connectivity index (χ4n) is 0.151. The van der Waals surface area contributed by atoms with Crippen molar-refractivity contribution in [1.29, 1.82) is 0 Å². The van der Waals surface area contributed by atoms with Crippen LogP contribution in [0, 0.1) is 0 Å². The maximum Gasteiger partial charge on any atom is 0.0986 e. The monoisotopic (exact) mass is 169 g/mol. The molecule has 0 aromatic carbocycles. The lowest BCUT2D eigenvalue weighted by Crippen LogP contribution is -2.00. The fraction of sp³-hybridized carbons (Fsp3) is 1.00. The molecule has 0 heterocycles. The van der Waals surface area contributed by atoms with E-state index in [1.165, 1.54) is 0 Å². The SMILES string of the molecule is CN(C)PNP=NP. The zero-order chi connectivity index (χ0) is 6.41. The molecule has 0 aromatic heterocycles. The van der Waals surface area contributed by atoms with E-state index < -0.39 is 0 Å². The third kappa shape index (κ3) is 6.88. The summed E-state index contributed by atoms with van der Waals surface area (Å²) in [6.45, 7) is 0. The molecule has 0 aliphatic rings. The van der Waals surface area contributed by atoms with Crippen LogP contribution < -0.4 is 4.86 Å². The number of rotatable bonds is 3. The highest BCUT2D eigenvalue weighted by molar-refractivity contribution is 7.47. The van der Waals surface area contributed by atoms with E-state index >= 15 is 0 Å². The van der Waals surface area contributed by atoms with Crippen LogP contribution in [0.4, 0.5) is 0 Å². The number of hydrogen-bond acceptors (Lipinski definition) is 2. The number of nitrogens with zero attached hydrogens (tertiary/aromatic N) is 2. The molecule has 0 aromatic rings. The normalized spacial score (nSPS) is 13.0. The van der Waals surface area contributed by atoms with E-state index in [9.17, 15) is 0 Å². The molecule has 0 aliphatic carbocycles. The molecule has 6 heteroatoms. The van der Waals surface area contributed by atoms with E-state index in [0.717, 1.165) is 8.52 Å². The van der Waals surface area contributed by atoms with Crippen molar-refractivity contribution in [2.75, 3.05) is 14.1 Å². The van der Waals surface area contributed by atoms with Crippen molar-refractivity contribution >= 4 is 26.8 Å². The first kappa shape index (κ1) is 8.88. The molecule has 0 amide bonds. The van der Waals surface area contributed by atoms with Crippen LogP contribution in [0.3, 0.4) is 0 Å². The van der Waals surface area contributed by atoms with Gasteiger partial charge in [0.1, 0.15) is 0 Å². The lowest BCUT2D eigenvalue weighted by Gasteiger charge is -2.04. The molecule has 2 unspecified atom stereocenters. The average Bonchev–Trinajstić information content (AvgIpc) is 1.66. The third-order valence-corrected chi connectivity index (χ3v) is 2.09. The van der Waals surface area contributed by atoms with Crippen molar-refractivity contribution in [2.45, 2.75) is 0 Å². The van der Waals surface area contributed by atoms with Gasteiger partial charge in [0.25, 0.3) is 0 Å². The summed E-state index contributed by atoms with van der Waals surface area (Å²) in [7, 11) is 7.92. The van der Waals surface area contributed by atoms with E-state index in [1.807, 2.05) is 14.1 Å². The van der Waals surface area contributed by atoms with Crippen molar-refractivity contribution < 1.29 is 0 Å². The standard InChI is InChI=1S/C2H10N3P3/c1-5(2)8-4-7-3-6/h8H,6H2,1-2H3,(H,3,4). The minimum Gasteiger partial charge on any atom is -0.278 e.